The third-order valence-electron chi connectivity index (χ3n) is 2.54. The number of rotatable bonds is 5. The third-order valence-corrected chi connectivity index (χ3v) is 2.54. The summed E-state index contributed by atoms with van der Waals surface area (Å²) in [4.78, 5) is 11.5. The minimum Gasteiger partial charge on any atom is -0.393 e. The molecule has 2 unspecified atom stereocenters. The van der Waals surface area contributed by atoms with Crippen molar-refractivity contribution in [3.63, 3.8) is 0 Å². The van der Waals surface area contributed by atoms with Gasteiger partial charge < -0.3 is 10.4 Å². The maximum absolute atomic E-state index is 12.7. The number of hydrogen-bond acceptors (Lipinski definition) is 2. The highest BCUT2D eigenvalue weighted by molar-refractivity contribution is 5.76. The van der Waals surface area contributed by atoms with Crippen molar-refractivity contribution >= 4 is 5.91 Å². The lowest BCUT2D eigenvalue weighted by molar-refractivity contribution is -0.122. The zero-order valence-corrected chi connectivity index (χ0v) is 10.1. The summed E-state index contributed by atoms with van der Waals surface area (Å²) in [5, 5.41) is 11.9. The van der Waals surface area contributed by atoms with E-state index in [-0.39, 0.29) is 17.8 Å². The summed E-state index contributed by atoms with van der Waals surface area (Å²) >= 11 is 0. The molecule has 1 rings (SSSR count). The van der Waals surface area contributed by atoms with Crippen molar-refractivity contribution in [1.82, 2.24) is 5.32 Å². The first-order valence-corrected chi connectivity index (χ1v) is 5.72. The average molecular weight is 239 g/mol. The molecular formula is C13H18FNO2. The first kappa shape index (κ1) is 13.6. The molecule has 1 amide bonds. The van der Waals surface area contributed by atoms with Crippen LogP contribution in [-0.2, 0) is 4.79 Å². The number of hydrogen-bond donors (Lipinski definition) is 2. The summed E-state index contributed by atoms with van der Waals surface area (Å²) in [6.45, 7) is 3.49. The smallest absolute Gasteiger partial charge is 0.220 e. The van der Waals surface area contributed by atoms with E-state index < -0.39 is 6.10 Å². The number of aliphatic hydroxyl groups excluding tert-OH is 1. The molecule has 4 heteroatoms. The van der Waals surface area contributed by atoms with Gasteiger partial charge in [-0.15, -0.1) is 0 Å². The Bertz CT molecular complexity index is 362. The third kappa shape index (κ3) is 4.95. The second-order valence-electron chi connectivity index (χ2n) is 4.23. The van der Waals surface area contributed by atoms with Crippen LogP contribution in [0.5, 0.6) is 0 Å². The van der Waals surface area contributed by atoms with Crippen LogP contribution in [0, 0.1) is 5.82 Å². The predicted molar refractivity (Wildman–Crippen MR) is 63.9 cm³/mol. The molecule has 0 radical (unpaired) electrons. The van der Waals surface area contributed by atoms with Crippen LogP contribution in [0.2, 0.25) is 0 Å². The lowest BCUT2D eigenvalue weighted by atomic mass is 10.1. The monoisotopic (exact) mass is 239 g/mol. The molecule has 17 heavy (non-hydrogen) atoms. The molecule has 0 saturated heterocycles. The SMILES string of the molecule is CC(O)CCC(=O)NC(C)c1ccc(F)cc1. The fourth-order valence-corrected chi connectivity index (χ4v) is 1.49. The van der Waals surface area contributed by atoms with Crippen molar-refractivity contribution in [3.8, 4) is 0 Å². The molecular weight excluding hydrogens is 221 g/mol. The van der Waals surface area contributed by atoms with Gasteiger partial charge in [-0.25, -0.2) is 4.39 Å². The Morgan fingerprint density at radius 1 is 1.35 bits per heavy atom. The summed E-state index contributed by atoms with van der Waals surface area (Å²) in [7, 11) is 0. The van der Waals surface area contributed by atoms with E-state index in [0.717, 1.165) is 5.56 Å². The second-order valence-corrected chi connectivity index (χ2v) is 4.23. The Hall–Kier alpha value is -1.42. The molecule has 2 atom stereocenters. The number of amides is 1. The molecule has 0 aliphatic carbocycles. The zero-order chi connectivity index (χ0) is 12.8. The van der Waals surface area contributed by atoms with Gasteiger partial charge in [-0.3, -0.25) is 4.79 Å². The quantitative estimate of drug-likeness (QED) is 0.827. The van der Waals surface area contributed by atoms with E-state index in [0.29, 0.717) is 12.8 Å². The highest BCUT2D eigenvalue weighted by Crippen LogP contribution is 2.13. The Kier molecular flexibility index (Phi) is 5.10. The molecule has 3 nitrogen and oxygen atoms in total. The van der Waals surface area contributed by atoms with Crippen molar-refractivity contribution in [3.05, 3.63) is 35.6 Å². The fourth-order valence-electron chi connectivity index (χ4n) is 1.49. The van der Waals surface area contributed by atoms with Gasteiger partial charge in [-0.2, -0.15) is 0 Å². The van der Waals surface area contributed by atoms with Crippen LogP contribution in [0.1, 0.15) is 38.3 Å². The summed E-state index contributed by atoms with van der Waals surface area (Å²) in [5.41, 5.74) is 0.858. The number of carbonyl (C=O) groups is 1. The van der Waals surface area contributed by atoms with Crippen LogP contribution in [-0.4, -0.2) is 17.1 Å². The van der Waals surface area contributed by atoms with E-state index in [4.69, 9.17) is 5.11 Å². The maximum atomic E-state index is 12.7. The largest absolute Gasteiger partial charge is 0.393 e. The van der Waals surface area contributed by atoms with Gasteiger partial charge in [0.1, 0.15) is 5.82 Å². The van der Waals surface area contributed by atoms with E-state index in [2.05, 4.69) is 5.32 Å². The van der Waals surface area contributed by atoms with Crippen LogP contribution in [0.25, 0.3) is 0 Å². The van der Waals surface area contributed by atoms with E-state index >= 15 is 0 Å². The lowest BCUT2D eigenvalue weighted by Crippen LogP contribution is -2.27. The number of halogens is 1. The molecule has 0 heterocycles. The van der Waals surface area contributed by atoms with E-state index in [1.165, 1.54) is 12.1 Å². The van der Waals surface area contributed by atoms with Crippen molar-refractivity contribution in [2.45, 2.75) is 38.8 Å². The van der Waals surface area contributed by atoms with Gasteiger partial charge in [0.15, 0.2) is 0 Å². The minimum atomic E-state index is -0.470. The summed E-state index contributed by atoms with van der Waals surface area (Å²) in [5.74, 6) is -0.399. The Morgan fingerprint density at radius 2 is 1.94 bits per heavy atom. The molecule has 0 aromatic heterocycles. The van der Waals surface area contributed by atoms with Gasteiger partial charge in [-0.05, 0) is 38.0 Å². The Balaban J connectivity index is 2.46. The van der Waals surface area contributed by atoms with Gasteiger partial charge in [0.2, 0.25) is 5.91 Å². The molecule has 2 N–H and O–H groups in total. The number of aliphatic hydroxyl groups is 1. The highest BCUT2D eigenvalue weighted by atomic mass is 19.1. The van der Waals surface area contributed by atoms with Gasteiger partial charge in [0.25, 0.3) is 0 Å². The molecule has 0 saturated carbocycles. The molecule has 0 aliphatic rings. The Labute approximate surface area is 101 Å². The predicted octanol–water partition coefficient (Wildman–Crippen LogP) is 2.16. The van der Waals surface area contributed by atoms with Gasteiger partial charge >= 0.3 is 0 Å². The maximum Gasteiger partial charge on any atom is 0.220 e. The number of carbonyl (C=O) groups excluding carboxylic acids is 1. The van der Waals surface area contributed by atoms with Crippen LogP contribution >= 0.6 is 0 Å². The first-order valence-electron chi connectivity index (χ1n) is 5.72. The molecule has 1 aromatic rings. The van der Waals surface area contributed by atoms with Crippen molar-refractivity contribution in [1.29, 1.82) is 0 Å². The standard InChI is InChI=1S/C13H18FNO2/c1-9(16)3-8-13(17)15-10(2)11-4-6-12(14)7-5-11/h4-7,9-10,16H,3,8H2,1-2H3,(H,15,17). The number of nitrogens with one attached hydrogen (secondary N) is 1. The molecule has 1 aromatic carbocycles. The van der Waals surface area contributed by atoms with Crippen LogP contribution in [0.15, 0.2) is 24.3 Å². The Morgan fingerprint density at radius 3 is 2.47 bits per heavy atom. The topological polar surface area (TPSA) is 49.3 Å². The summed E-state index contributed by atoms with van der Waals surface area (Å²) in [6, 6.07) is 5.88. The number of benzene rings is 1. The van der Waals surface area contributed by atoms with E-state index in [9.17, 15) is 9.18 Å². The fraction of sp³-hybridized carbons (Fsp3) is 0.462. The van der Waals surface area contributed by atoms with Crippen LogP contribution in [0.4, 0.5) is 4.39 Å². The summed E-state index contributed by atoms with van der Waals surface area (Å²) in [6.07, 6.45) is 0.271. The van der Waals surface area contributed by atoms with Crippen molar-refractivity contribution in [2.24, 2.45) is 0 Å². The zero-order valence-electron chi connectivity index (χ0n) is 10.1. The average Bonchev–Trinajstić information content (AvgIpc) is 2.27. The van der Waals surface area contributed by atoms with Gasteiger partial charge in [-0.1, -0.05) is 12.1 Å². The van der Waals surface area contributed by atoms with Crippen LogP contribution < -0.4 is 5.32 Å². The van der Waals surface area contributed by atoms with Gasteiger partial charge in [0, 0.05) is 6.42 Å². The van der Waals surface area contributed by atoms with Gasteiger partial charge in [0.05, 0.1) is 12.1 Å². The normalized spacial score (nSPS) is 14.1. The van der Waals surface area contributed by atoms with Crippen molar-refractivity contribution in [2.75, 3.05) is 0 Å². The van der Waals surface area contributed by atoms with E-state index in [1.54, 1.807) is 19.1 Å². The minimum absolute atomic E-state index is 0.109. The first-order chi connectivity index (χ1) is 7.99. The molecule has 94 valence electrons. The highest BCUT2D eigenvalue weighted by Gasteiger charge is 2.10. The molecule has 0 fully saturated rings. The molecule has 0 spiro atoms. The second kappa shape index (κ2) is 6.35. The lowest BCUT2D eigenvalue weighted by Gasteiger charge is -2.14. The molecule has 0 aliphatic heterocycles. The molecule has 0 bridgehead atoms. The van der Waals surface area contributed by atoms with Crippen molar-refractivity contribution < 1.29 is 14.3 Å². The van der Waals surface area contributed by atoms with E-state index in [1.807, 2.05) is 6.92 Å². The van der Waals surface area contributed by atoms with Crippen LogP contribution in [0.3, 0.4) is 0 Å². The summed E-state index contributed by atoms with van der Waals surface area (Å²) < 4.78 is 12.7.